The molecule has 5 nitrogen and oxygen atoms in total. The lowest BCUT2D eigenvalue weighted by Crippen LogP contribution is -2.42. The molecule has 1 aromatic carbocycles. The van der Waals surface area contributed by atoms with Crippen LogP contribution in [-0.4, -0.2) is 17.0 Å². The molecule has 1 heterocycles. The van der Waals surface area contributed by atoms with Crippen molar-refractivity contribution >= 4 is 11.9 Å². The molecule has 1 aromatic rings. The van der Waals surface area contributed by atoms with E-state index in [0.29, 0.717) is 5.56 Å². The highest BCUT2D eigenvalue weighted by Gasteiger charge is 2.46. The summed E-state index contributed by atoms with van der Waals surface area (Å²) >= 11 is 0. The van der Waals surface area contributed by atoms with Crippen LogP contribution in [-0.2, 0) is 10.3 Å². The van der Waals surface area contributed by atoms with Crippen LogP contribution in [0.2, 0.25) is 0 Å². The van der Waals surface area contributed by atoms with Crippen molar-refractivity contribution in [3.63, 3.8) is 0 Å². The molecule has 0 bridgehead atoms. The third-order valence-corrected chi connectivity index (χ3v) is 2.39. The number of benzene rings is 1. The van der Waals surface area contributed by atoms with E-state index in [2.05, 4.69) is 16.6 Å². The summed E-state index contributed by atoms with van der Waals surface area (Å²) in [6.07, 6.45) is 5.30. The lowest BCUT2D eigenvalue weighted by molar-refractivity contribution is -0.122. The van der Waals surface area contributed by atoms with E-state index < -0.39 is 17.5 Å². The van der Waals surface area contributed by atoms with Crippen LogP contribution in [0.1, 0.15) is 5.56 Å². The van der Waals surface area contributed by atoms with Crippen molar-refractivity contribution in [1.29, 1.82) is 0 Å². The van der Waals surface area contributed by atoms with Gasteiger partial charge in [0.05, 0.1) is 0 Å². The van der Waals surface area contributed by atoms with Crippen LogP contribution in [0, 0.1) is 12.3 Å². The minimum Gasteiger partial charge on any atom is -0.508 e. The molecule has 1 fully saturated rings. The smallest absolute Gasteiger partial charge is 0.323 e. The van der Waals surface area contributed by atoms with Gasteiger partial charge < -0.3 is 10.4 Å². The van der Waals surface area contributed by atoms with Gasteiger partial charge in [-0.05, 0) is 17.7 Å². The number of phenolic OH excluding ortho intramolecular Hbond substituents is 1. The number of imide groups is 1. The monoisotopic (exact) mass is 216 g/mol. The Labute approximate surface area is 91.5 Å². The second kappa shape index (κ2) is 3.28. The Hall–Kier alpha value is -2.48. The molecule has 0 saturated carbocycles. The molecule has 1 atom stereocenters. The van der Waals surface area contributed by atoms with E-state index in [0.717, 1.165) is 0 Å². The maximum atomic E-state index is 11.6. The molecule has 1 unspecified atom stereocenters. The number of terminal acetylenes is 1. The standard InChI is InChI=1S/C11H8N2O3/c1-2-11(9(15)12-10(16)13-11)7-3-5-8(14)6-4-7/h1,3-6,14H,(H2,12,13,15,16). The van der Waals surface area contributed by atoms with Gasteiger partial charge in [0.1, 0.15) is 5.75 Å². The highest BCUT2D eigenvalue weighted by molar-refractivity contribution is 6.09. The number of hydrogen-bond acceptors (Lipinski definition) is 3. The molecule has 0 spiro atoms. The molecular formula is C11H8N2O3. The van der Waals surface area contributed by atoms with Crippen LogP contribution in [0.5, 0.6) is 5.75 Å². The molecule has 0 aliphatic carbocycles. The Bertz CT molecular complexity index is 501. The number of nitrogens with one attached hydrogen (secondary N) is 2. The molecule has 1 saturated heterocycles. The number of carbonyl (C=O) groups excluding carboxylic acids is 2. The van der Waals surface area contributed by atoms with E-state index in [1.807, 2.05) is 0 Å². The number of phenols is 1. The summed E-state index contributed by atoms with van der Waals surface area (Å²) in [5.41, 5.74) is -1.05. The molecule has 1 aliphatic heterocycles. The van der Waals surface area contributed by atoms with Crippen molar-refractivity contribution < 1.29 is 14.7 Å². The Morgan fingerprint density at radius 1 is 1.25 bits per heavy atom. The zero-order chi connectivity index (χ0) is 11.8. The summed E-state index contributed by atoms with van der Waals surface area (Å²) in [4.78, 5) is 22.7. The lowest BCUT2D eigenvalue weighted by atomic mass is 9.91. The molecule has 3 amide bonds. The van der Waals surface area contributed by atoms with E-state index >= 15 is 0 Å². The van der Waals surface area contributed by atoms with Crippen molar-refractivity contribution in [3.8, 4) is 18.1 Å². The number of hydrogen-bond donors (Lipinski definition) is 3. The van der Waals surface area contributed by atoms with Gasteiger partial charge in [-0.25, -0.2) is 4.79 Å². The highest BCUT2D eigenvalue weighted by Crippen LogP contribution is 2.25. The quantitative estimate of drug-likeness (QED) is 0.459. The zero-order valence-electron chi connectivity index (χ0n) is 8.15. The average molecular weight is 216 g/mol. The number of rotatable bonds is 1. The van der Waals surface area contributed by atoms with Gasteiger partial charge in [0.25, 0.3) is 5.91 Å². The molecular weight excluding hydrogens is 208 g/mol. The van der Waals surface area contributed by atoms with Crippen LogP contribution in [0.3, 0.4) is 0 Å². The van der Waals surface area contributed by atoms with Crippen LogP contribution < -0.4 is 10.6 Å². The molecule has 0 aromatic heterocycles. The Kier molecular flexibility index (Phi) is 2.06. The van der Waals surface area contributed by atoms with Gasteiger partial charge in [-0.3, -0.25) is 10.1 Å². The van der Waals surface area contributed by atoms with Gasteiger partial charge in [0.2, 0.25) is 5.54 Å². The summed E-state index contributed by atoms with van der Waals surface area (Å²) in [6.45, 7) is 0. The predicted molar refractivity (Wildman–Crippen MR) is 55.3 cm³/mol. The van der Waals surface area contributed by atoms with Crippen LogP contribution in [0.4, 0.5) is 4.79 Å². The highest BCUT2D eigenvalue weighted by atomic mass is 16.3. The van der Waals surface area contributed by atoms with E-state index in [1.54, 1.807) is 0 Å². The third-order valence-electron chi connectivity index (χ3n) is 2.39. The Balaban J connectivity index is 2.51. The van der Waals surface area contributed by atoms with Gasteiger partial charge in [-0.2, -0.15) is 0 Å². The maximum Gasteiger partial charge on any atom is 0.323 e. The fourth-order valence-electron chi connectivity index (χ4n) is 1.55. The van der Waals surface area contributed by atoms with E-state index in [-0.39, 0.29) is 5.75 Å². The molecule has 1 aliphatic rings. The molecule has 80 valence electrons. The maximum absolute atomic E-state index is 11.6. The van der Waals surface area contributed by atoms with Crippen molar-refractivity contribution in [2.24, 2.45) is 0 Å². The van der Waals surface area contributed by atoms with Gasteiger partial charge in [-0.15, -0.1) is 6.42 Å². The first-order chi connectivity index (χ1) is 7.58. The summed E-state index contributed by atoms with van der Waals surface area (Å²) in [7, 11) is 0. The third kappa shape index (κ3) is 1.28. The molecule has 16 heavy (non-hydrogen) atoms. The van der Waals surface area contributed by atoms with Crippen LogP contribution in [0.15, 0.2) is 24.3 Å². The summed E-state index contributed by atoms with van der Waals surface area (Å²) < 4.78 is 0. The predicted octanol–water partition coefficient (Wildman–Crippen LogP) is 0.0601. The first kappa shape index (κ1) is 10.1. The van der Waals surface area contributed by atoms with Gasteiger partial charge >= 0.3 is 6.03 Å². The number of urea groups is 1. The topological polar surface area (TPSA) is 78.4 Å². The molecule has 5 heteroatoms. The average Bonchev–Trinajstić information content (AvgIpc) is 2.55. The minimum absolute atomic E-state index is 0.0562. The zero-order valence-corrected chi connectivity index (χ0v) is 8.15. The van der Waals surface area contributed by atoms with E-state index in [9.17, 15) is 9.59 Å². The Morgan fingerprint density at radius 2 is 1.88 bits per heavy atom. The molecule has 3 N–H and O–H groups in total. The first-order valence-corrected chi connectivity index (χ1v) is 4.49. The summed E-state index contributed by atoms with van der Waals surface area (Å²) in [6, 6.07) is 5.13. The van der Waals surface area contributed by atoms with Gasteiger partial charge in [0, 0.05) is 0 Å². The normalized spacial score (nSPS) is 23.4. The first-order valence-electron chi connectivity index (χ1n) is 4.49. The van der Waals surface area contributed by atoms with Crippen molar-refractivity contribution in [2.45, 2.75) is 5.54 Å². The van der Waals surface area contributed by atoms with E-state index in [4.69, 9.17) is 11.5 Å². The largest absolute Gasteiger partial charge is 0.508 e. The van der Waals surface area contributed by atoms with Crippen molar-refractivity contribution in [2.75, 3.05) is 0 Å². The fourth-order valence-corrected chi connectivity index (χ4v) is 1.55. The molecule has 2 rings (SSSR count). The SMILES string of the molecule is C#CC1(c2ccc(O)cc2)NC(=O)NC1=O. The van der Waals surface area contributed by atoms with Gasteiger partial charge in [0.15, 0.2) is 0 Å². The summed E-state index contributed by atoms with van der Waals surface area (Å²) in [5.74, 6) is 1.73. The lowest BCUT2D eigenvalue weighted by Gasteiger charge is -2.19. The number of carbonyl (C=O) groups is 2. The number of aromatic hydroxyl groups is 1. The minimum atomic E-state index is -1.48. The summed E-state index contributed by atoms with van der Waals surface area (Å²) in [5, 5.41) is 13.6. The molecule has 0 radical (unpaired) electrons. The fraction of sp³-hybridized carbons (Fsp3) is 0.0909. The Morgan fingerprint density at radius 3 is 2.31 bits per heavy atom. The van der Waals surface area contributed by atoms with Crippen LogP contribution in [0.25, 0.3) is 0 Å². The second-order valence-electron chi connectivity index (χ2n) is 3.35. The van der Waals surface area contributed by atoms with Crippen molar-refractivity contribution in [3.05, 3.63) is 29.8 Å². The van der Waals surface area contributed by atoms with Gasteiger partial charge in [-0.1, -0.05) is 18.1 Å². The van der Waals surface area contributed by atoms with Crippen molar-refractivity contribution in [1.82, 2.24) is 10.6 Å². The second-order valence-corrected chi connectivity index (χ2v) is 3.35. The van der Waals surface area contributed by atoms with E-state index in [1.165, 1.54) is 24.3 Å². The van der Waals surface area contributed by atoms with Crippen LogP contribution >= 0.6 is 0 Å². The number of amides is 3.